The minimum Gasteiger partial charge on any atom is -0.454 e. The highest BCUT2D eigenvalue weighted by Crippen LogP contribution is 2.25. The van der Waals surface area contributed by atoms with Crippen LogP contribution in [0.4, 0.5) is 0 Å². The molecule has 0 spiro atoms. The van der Waals surface area contributed by atoms with E-state index in [0.29, 0.717) is 10.6 Å². The van der Waals surface area contributed by atoms with Crippen LogP contribution >= 0.6 is 11.6 Å². The summed E-state index contributed by atoms with van der Waals surface area (Å²) in [4.78, 5) is 38.2. The van der Waals surface area contributed by atoms with Crippen LogP contribution in [-0.4, -0.2) is 38.9 Å². The van der Waals surface area contributed by atoms with Crippen molar-refractivity contribution in [2.75, 3.05) is 0 Å². The molecule has 3 aromatic rings. The largest absolute Gasteiger partial charge is 0.454 e. The van der Waals surface area contributed by atoms with Crippen molar-refractivity contribution in [3.63, 3.8) is 0 Å². The van der Waals surface area contributed by atoms with Crippen LogP contribution in [0.1, 0.15) is 33.5 Å². The summed E-state index contributed by atoms with van der Waals surface area (Å²) in [6, 6.07) is 12.1. The second-order valence-corrected chi connectivity index (χ2v) is 6.75. The molecule has 0 saturated heterocycles. The molecule has 1 aliphatic heterocycles. The van der Waals surface area contributed by atoms with Gasteiger partial charge in [0.15, 0.2) is 6.61 Å². The molecule has 2 aromatic carbocycles. The molecular formula is C20H14ClN3O5. The zero-order chi connectivity index (χ0) is 20.5. The molecule has 1 aliphatic rings. The van der Waals surface area contributed by atoms with Crippen LogP contribution in [0, 0.1) is 0 Å². The van der Waals surface area contributed by atoms with Gasteiger partial charge < -0.3 is 9.15 Å². The van der Waals surface area contributed by atoms with E-state index in [1.165, 1.54) is 6.92 Å². The first-order chi connectivity index (χ1) is 14.0. The van der Waals surface area contributed by atoms with Crippen molar-refractivity contribution in [3.05, 3.63) is 70.6 Å². The average molecular weight is 412 g/mol. The van der Waals surface area contributed by atoms with Crippen molar-refractivity contribution in [2.45, 2.75) is 19.6 Å². The summed E-state index contributed by atoms with van der Waals surface area (Å²) in [6.45, 7) is 1.14. The van der Waals surface area contributed by atoms with E-state index in [1.54, 1.807) is 48.5 Å². The molecule has 0 aliphatic carbocycles. The number of imide groups is 1. The van der Waals surface area contributed by atoms with Gasteiger partial charge in [0, 0.05) is 10.6 Å². The monoisotopic (exact) mass is 411 g/mol. The van der Waals surface area contributed by atoms with Crippen molar-refractivity contribution >= 4 is 29.4 Å². The van der Waals surface area contributed by atoms with Crippen LogP contribution in [0.15, 0.2) is 52.9 Å². The number of benzene rings is 2. The topological polar surface area (TPSA) is 103 Å². The second-order valence-electron chi connectivity index (χ2n) is 6.32. The summed E-state index contributed by atoms with van der Waals surface area (Å²) in [6.07, 6.45) is 0. The van der Waals surface area contributed by atoms with E-state index in [2.05, 4.69) is 10.2 Å². The Bertz CT molecular complexity index is 1070. The highest BCUT2D eigenvalue weighted by atomic mass is 35.5. The van der Waals surface area contributed by atoms with Gasteiger partial charge in [-0.05, 0) is 43.3 Å². The molecule has 2 amide bonds. The molecule has 1 aromatic heterocycles. The van der Waals surface area contributed by atoms with E-state index in [9.17, 15) is 14.4 Å². The zero-order valence-electron chi connectivity index (χ0n) is 15.2. The number of nitrogens with zero attached hydrogens (tertiary/aromatic N) is 3. The van der Waals surface area contributed by atoms with Crippen LogP contribution in [0.5, 0.6) is 0 Å². The van der Waals surface area contributed by atoms with Crippen molar-refractivity contribution in [1.29, 1.82) is 0 Å². The Hall–Kier alpha value is -3.52. The Morgan fingerprint density at radius 2 is 1.69 bits per heavy atom. The molecule has 1 atom stereocenters. The van der Waals surface area contributed by atoms with Gasteiger partial charge in [-0.25, -0.2) is 4.79 Å². The van der Waals surface area contributed by atoms with E-state index in [0.717, 1.165) is 4.90 Å². The Morgan fingerprint density at radius 3 is 2.31 bits per heavy atom. The minimum absolute atomic E-state index is 0.0814. The van der Waals surface area contributed by atoms with Crippen LogP contribution in [0.2, 0.25) is 5.02 Å². The highest BCUT2D eigenvalue weighted by molar-refractivity contribution is 6.30. The smallest absolute Gasteiger partial charge is 0.329 e. The SMILES string of the molecule is C[C@H](C(=O)OCc1nnc(-c2ccc(Cl)cc2)o1)N1C(=O)c2ccccc2C1=O. The molecule has 0 N–H and O–H groups in total. The maximum absolute atomic E-state index is 12.5. The summed E-state index contributed by atoms with van der Waals surface area (Å²) in [7, 11) is 0. The highest BCUT2D eigenvalue weighted by Gasteiger charge is 2.41. The molecule has 29 heavy (non-hydrogen) atoms. The molecule has 0 radical (unpaired) electrons. The van der Waals surface area contributed by atoms with Crippen molar-refractivity contribution < 1.29 is 23.5 Å². The van der Waals surface area contributed by atoms with Gasteiger partial charge in [-0.2, -0.15) is 0 Å². The molecule has 2 heterocycles. The first kappa shape index (κ1) is 18.8. The van der Waals surface area contributed by atoms with Gasteiger partial charge in [0.2, 0.25) is 5.89 Å². The van der Waals surface area contributed by atoms with Crippen LogP contribution in [-0.2, 0) is 16.1 Å². The lowest BCUT2D eigenvalue weighted by Gasteiger charge is -2.20. The molecule has 4 rings (SSSR count). The van der Waals surface area contributed by atoms with E-state index < -0.39 is 23.8 Å². The summed E-state index contributed by atoms with van der Waals surface area (Å²) >= 11 is 5.85. The number of fused-ring (bicyclic) bond motifs is 1. The van der Waals surface area contributed by atoms with E-state index >= 15 is 0 Å². The van der Waals surface area contributed by atoms with Gasteiger partial charge in [0.1, 0.15) is 6.04 Å². The van der Waals surface area contributed by atoms with Gasteiger partial charge in [0.05, 0.1) is 11.1 Å². The first-order valence-electron chi connectivity index (χ1n) is 8.67. The van der Waals surface area contributed by atoms with Gasteiger partial charge in [-0.15, -0.1) is 10.2 Å². The predicted molar refractivity (Wildman–Crippen MR) is 101 cm³/mol. The number of ether oxygens (including phenoxy) is 1. The summed E-state index contributed by atoms with van der Waals surface area (Å²) in [5, 5.41) is 8.30. The Kier molecular flexibility index (Phi) is 4.85. The number of carbonyl (C=O) groups is 3. The molecule has 0 fully saturated rings. The summed E-state index contributed by atoms with van der Waals surface area (Å²) in [5.74, 6) is -1.49. The van der Waals surface area contributed by atoms with Crippen molar-refractivity contribution in [2.24, 2.45) is 0 Å². The second kappa shape index (κ2) is 7.48. The number of carbonyl (C=O) groups excluding carboxylic acids is 3. The van der Waals surface area contributed by atoms with Gasteiger partial charge >= 0.3 is 5.97 Å². The number of hydrogen-bond acceptors (Lipinski definition) is 7. The zero-order valence-corrected chi connectivity index (χ0v) is 15.9. The molecule has 146 valence electrons. The van der Waals surface area contributed by atoms with Crippen molar-refractivity contribution in [3.8, 4) is 11.5 Å². The summed E-state index contributed by atoms with van der Waals surface area (Å²) < 4.78 is 10.6. The Morgan fingerprint density at radius 1 is 1.07 bits per heavy atom. The fourth-order valence-electron chi connectivity index (χ4n) is 2.94. The van der Waals surface area contributed by atoms with Gasteiger partial charge in [-0.1, -0.05) is 23.7 Å². The lowest BCUT2D eigenvalue weighted by Crippen LogP contribution is -2.43. The standard InChI is InChI=1S/C20H14ClN3O5/c1-11(24-18(25)14-4-2-3-5-15(14)19(24)26)20(27)28-10-16-22-23-17(29-16)12-6-8-13(21)9-7-12/h2-9,11H,10H2,1H3/t11-/m1/s1. The van der Waals surface area contributed by atoms with Crippen LogP contribution < -0.4 is 0 Å². The van der Waals surface area contributed by atoms with Crippen molar-refractivity contribution in [1.82, 2.24) is 15.1 Å². The van der Waals surface area contributed by atoms with E-state index in [1.807, 2.05) is 0 Å². The predicted octanol–water partition coefficient (Wildman–Crippen LogP) is 3.12. The number of hydrogen-bond donors (Lipinski definition) is 0. The first-order valence-corrected chi connectivity index (χ1v) is 9.05. The third-order valence-corrected chi connectivity index (χ3v) is 4.70. The number of amides is 2. The number of halogens is 1. The number of esters is 1. The minimum atomic E-state index is -1.10. The molecule has 8 nitrogen and oxygen atoms in total. The van der Waals surface area contributed by atoms with E-state index in [4.69, 9.17) is 20.8 Å². The van der Waals surface area contributed by atoms with Gasteiger partial charge in [0.25, 0.3) is 17.7 Å². The lowest BCUT2D eigenvalue weighted by molar-refractivity contribution is -0.149. The Balaban J connectivity index is 1.41. The number of aromatic nitrogens is 2. The fourth-order valence-corrected chi connectivity index (χ4v) is 3.07. The average Bonchev–Trinajstić information content (AvgIpc) is 3.30. The van der Waals surface area contributed by atoms with Crippen LogP contribution in [0.3, 0.4) is 0 Å². The molecule has 9 heteroatoms. The fraction of sp³-hybridized carbons (Fsp3) is 0.150. The maximum atomic E-state index is 12.5. The molecule has 0 unspecified atom stereocenters. The molecular weight excluding hydrogens is 398 g/mol. The van der Waals surface area contributed by atoms with Crippen LogP contribution in [0.25, 0.3) is 11.5 Å². The third kappa shape index (κ3) is 3.50. The molecule has 0 bridgehead atoms. The normalized spacial score (nSPS) is 14.1. The third-order valence-electron chi connectivity index (χ3n) is 4.45. The quantitative estimate of drug-likeness (QED) is 0.469. The maximum Gasteiger partial charge on any atom is 0.329 e. The molecule has 0 saturated carbocycles. The summed E-state index contributed by atoms with van der Waals surface area (Å²) in [5.41, 5.74) is 1.20. The lowest BCUT2D eigenvalue weighted by atomic mass is 10.1. The van der Waals surface area contributed by atoms with Gasteiger partial charge in [-0.3, -0.25) is 14.5 Å². The number of rotatable bonds is 5. The van der Waals surface area contributed by atoms with E-state index in [-0.39, 0.29) is 29.5 Å². The Labute approximate surface area is 170 Å².